The largest absolute Gasteiger partial charge is 0.349 e. The van der Waals surface area contributed by atoms with Gasteiger partial charge in [-0.3, -0.25) is 9.59 Å². The molecule has 24 heavy (non-hydrogen) atoms. The third-order valence-electron chi connectivity index (χ3n) is 3.88. The summed E-state index contributed by atoms with van der Waals surface area (Å²) in [6, 6.07) is 12.3. The average Bonchev–Trinajstić information content (AvgIpc) is 3.02. The Kier molecular flexibility index (Phi) is 6.99. The second-order valence-corrected chi connectivity index (χ2v) is 8.17. The minimum atomic E-state index is -0.550. The number of carbonyl (C=O) groups excluding carboxylic acids is 2. The summed E-state index contributed by atoms with van der Waals surface area (Å²) < 4.78 is 1.03. The molecule has 0 fully saturated rings. The van der Waals surface area contributed by atoms with Crippen molar-refractivity contribution < 1.29 is 9.59 Å². The third-order valence-corrected chi connectivity index (χ3v) is 5.51. The van der Waals surface area contributed by atoms with Crippen molar-refractivity contribution in [3.8, 4) is 0 Å². The molecule has 0 saturated heterocycles. The van der Waals surface area contributed by atoms with E-state index in [0.29, 0.717) is 12.1 Å². The van der Waals surface area contributed by atoms with E-state index in [-0.39, 0.29) is 17.7 Å². The van der Waals surface area contributed by atoms with Crippen LogP contribution in [-0.2, 0) is 11.3 Å². The van der Waals surface area contributed by atoms with E-state index in [2.05, 4.69) is 26.6 Å². The van der Waals surface area contributed by atoms with Gasteiger partial charge in [0.2, 0.25) is 5.91 Å². The highest BCUT2D eigenvalue weighted by Crippen LogP contribution is 2.21. The van der Waals surface area contributed by atoms with Crippen molar-refractivity contribution >= 4 is 39.1 Å². The highest BCUT2D eigenvalue weighted by atomic mass is 79.9. The van der Waals surface area contributed by atoms with Gasteiger partial charge in [-0.25, -0.2) is 0 Å². The molecule has 2 N–H and O–H groups in total. The summed E-state index contributed by atoms with van der Waals surface area (Å²) in [5.74, 6) is -0.333. The molecule has 0 spiro atoms. The van der Waals surface area contributed by atoms with E-state index in [9.17, 15) is 9.59 Å². The zero-order valence-corrected chi connectivity index (χ0v) is 16.1. The van der Waals surface area contributed by atoms with E-state index in [4.69, 9.17) is 0 Å². The Labute approximate surface area is 154 Å². The van der Waals surface area contributed by atoms with Gasteiger partial charge in [-0.2, -0.15) is 0 Å². The average molecular weight is 409 g/mol. The Morgan fingerprint density at radius 1 is 1.17 bits per heavy atom. The van der Waals surface area contributed by atoms with Crippen molar-refractivity contribution in [3.05, 3.63) is 56.7 Å². The van der Waals surface area contributed by atoms with Crippen molar-refractivity contribution in [2.75, 3.05) is 0 Å². The molecule has 2 atom stereocenters. The Morgan fingerprint density at radius 2 is 1.88 bits per heavy atom. The van der Waals surface area contributed by atoms with Gasteiger partial charge >= 0.3 is 0 Å². The number of halogens is 1. The molecular formula is C18H21BrN2O2S. The van der Waals surface area contributed by atoms with Crippen LogP contribution in [0.5, 0.6) is 0 Å². The Balaban J connectivity index is 2.01. The van der Waals surface area contributed by atoms with E-state index in [1.54, 1.807) is 23.5 Å². The third kappa shape index (κ3) is 5.18. The minimum absolute atomic E-state index is 0.0488. The lowest BCUT2D eigenvalue weighted by atomic mass is 9.98. The number of amides is 2. The fourth-order valence-corrected chi connectivity index (χ4v) is 3.67. The van der Waals surface area contributed by atoms with Gasteiger partial charge in [0.15, 0.2) is 0 Å². The van der Waals surface area contributed by atoms with Crippen LogP contribution in [0.25, 0.3) is 0 Å². The van der Waals surface area contributed by atoms with Crippen molar-refractivity contribution in [2.45, 2.75) is 32.9 Å². The van der Waals surface area contributed by atoms with Crippen LogP contribution in [0.1, 0.15) is 35.5 Å². The second kappa shape index (κ2) is 8.99. The predicted molar refractivity (Wildman–Crippen MR) is 101 cm³/mol. The molecule has 1 aromatic carbocycles. The summed E-state index contributed by atoms with van der Waals surface area (Å²) in [5.41, 5.74) is 0.556. The highest BCUT2D eigenvalue weighted by Gasteiger charge is 2.26. The van der Waals surface area contributed by atoms with Gasteiger partial charge in [-0.1, -0.05) is 38.5 Å². The zero-order chi connectivity index (χ0) is 17.5. The van der Waals surface area contributed by atoms with Crippen LogP contribution in [-0.4, -0.2) is 17.9 Å². The van der Waals surface area contributed by atoms with Crippen LogP contribution >= 0.6 is 27.3 Å². The van der Waals surface area contributed by atoms with Gasteiger partial charge in [0.1, 0.15) is 6.04 Å². The minimum Gasteiger partial charge on any atom is -0.349 e. The molecule has 2 rings (SSSR count). The fourth-order valence-electron chi connectivity index (χ4n) is 2.25. The SMILES string of the molecule is CCC(C)C(NC(=O)c1ccccc1)C(=O)NCc1ccc(Br)s1. The first-order valence-electron chi connectivity index (χ1n) is 7.89. The molecule has 0 bridgehead atoms. The van der Waals surface area contributed by atoms with Crippen molar-refractivity contribution in [3.63, 3.8) is 0 Å². The van der Waals surface area contributed by atoms with E-state index in [0.717, 1.165) is 15.1 Å². The maximum absolute atomic E-state index is 12.6. The summed E-state index contributed by atoms with van der Waals surface area (Å²) in [5, 5.41) is 5.79. The first-order chi connectivity index (χ1) is 11.5. The van der Waals surface area contributed by atoms with Crippen LogP contribution < -0.4 is 10.6 Å². The number of nitrogens with one attached hydrogen (secondary N) is 2. The van der Waals surface area contributed by atoms with Gasteiger partial charge in [-0.05, 0) is 46.1 Å². The molecule has 6 heteroatoms. The number of thiophene rings is 1. The van der Waals surface area contributed by atoms with Crippen molar-refractivity contribution in [1.82, 2.24) is 10.6 Å². The number of hydrogen-bond acceptors (Lipinski definition) is 3. The quantitative estimate of drug-likeness (QED) is 0.727. The molecule has 0 aliphatic rings. The van der Waals surface area contributed by atoms with E-state index < -0.39 is 6.04 Å². The molecule has 0 saturated carbocycles. The lowest BCUT2D eigenvalue weighted by Crippen LogP contribution is -2.50. The van der Waals surface area contributed by atoms with Crippen molar-refractivity contribution in [1.29, 1.82) is 0 Å². The summed E-state index contributed by atoms with van der Waals surface area (Å²) in [7, 11) is 0. The number of rotatable bonds is 7. The maximum Gasteiger partial charge on any atom is 0.251 e. The first-order valence-corrected chi connectivity index (χ1v) is 9.50. The maximum atomic E-state index is 12.6. The van der Waals surface area contributed by atoms with E-state index in [1.807, 2.05) is 44.2 Å². The molecule has 1 heterocycles. The van der Waals surface area contributed by atoms with Crippen LogP contribution in [0.4, 0.5) is 0 Å². The molecule has 2 amide bonds. The Morgan fingerprint density at radius 3 is 2.46 bits per heavy atom. The van der Waals surface area contributed by atoms with Crippen molar-refractivity contribution in [2.24, 2.45) is 5.92 Å². The number of hydrogen-bond donors (Lipinski definition) is 2. The topological polar surface area (TPSA) is 58.2 Å². The van der Waals surface area contributed by atoms with Gasteiger partial charge in [0.05, 0.1) is 10.3 Å². The molecule has 0 aliphatic heterocycles. The van der Waals surface area contributed by atoms with Crippen LogP contribution in [0.3, 0.4) is 0 Å². The number of carbonyl (C=O) groups is 2. The molecule has 2 aromatic rings. The molecular weight excluding hydrogens is 388 g/mol. The second-order valence-electron chi connectivity index (χ2n) is 5.63. The molecule has 128 valence electrons. The lowest BCUT2D eigenvalue weighted by Gasteiger charge is -2.23. The monoisotopic (exact) mass is 408 g/mol. The summed E-state index contributed by atoms with van der Waals surface area (Å²) in [6.07, 6.45) is 0.803. The first kappa shape index (κ1) is 18.7. The van der Waals surface area contributed by atoms with Crippen LogP contribution in [0.15, 0.2) is 46.3 Å². The molecule has 2 unspecified atom stereocenters. The molecule has 0 aliphatic carbocycles. The fraction of sp³-hybridized carbons (Fsp3) is 0.333. The summed E-state index contributed by atoms with van der Waals surface area (Å²) >= 11 is 4.99. The standard InChI is InChI=1S/C18H21BrN2O2S/c1-3-12(2)16(21-17(22)13-7-5-4-6-8-13)18(23)20-11-14-9-10-15(19)24-14/h4-10,12,16H,3,11H2,1-2H3,(H,20,23)(H,21,22). The van der Waals surface area contributed by atoms with Gasteiger partial charge in [0.25, 0.3) is 5.91 Å². The lowest BCUT2D eigenvalue weighted by molar-refractivity contribution is -0.124. The summed E-state index contributed by atoms with van der Waals surface area (Å²) in [6.45, 7) is 4.44. The highest BCUT2D eigenvalue weighted by molar-refractivity contribution is 9.11. The molecule has 0 radical (unpaired) electrons. The van der Waals surface area contributed by atoms with Crippen LogP contribution in [0.2, 0.25) is 0 Å². The van der Waals surface area contributed by atoms with E-state index >= 15 is 0 Å². The zero-order valence-electron chi connectivity index (χ0n) is 13.7. The van der Waals surface area contributed by atoms with Gasteiger partial charge < -0.3 is 10.6 Å². The predicted octanol–water partition coefficient (Wildman–Crippen LogP) is 3.97. The Bertz CT molecular complexity index is 687. The van der Waals surface area contributed by atoms with Gasteiger partial charge in [0, 0.05) is 10.4 Å². The van der Waals surface area contributed by atoms with Crippen LogP contribution in [0, 0.1) is 5.92 Å². The summed E-state index contributed by atoms with van der Waals surface area (Å²) in [4.78, 5) is 26.0. The normalized spacial score (nSPS) is 13.1. The smallest absolute Gasteiger partial charge is 0.251 e. The van der Waals surface area contributed by atoms with Gasteiger partial charge in [-0.15, -0.1) is 11.3 Å². The molecule has 4 nitrogen and oxygen atoms in total. The Hall–Kier alpha value is -1.66. The van der Waals surface area contributed by atoms with E-state index in [1.165, 1.54) is 0 Å². The molecule has 1 aromatic heterocycles. The number of benzene rings is 1.